The second kappa shape index (κ2) is 5.89. The van der Waals surface area contributed by atoms with Gasteiger partial charge in [-0.05, 0) is 58.8 Å². The van der Waals surface area contributed by atoms with Gasteiger partial charge in [0, 0.05) is 15.8 Å². The van der Waals surface area contributed by atoms with Crippen LogP contribution in [0.3, 0.4) is 0 Å². The van der Waals surface area contributed by atoms with Crippen LogP contribution in [-0.4, -0.2) is 6.54 Å². The van der Waals surface area contributed by atoms with Gasteiger partial charge in [0.15, 0.2) is 0 Å². The number of hydrogen-bond acceptors (Lipinski definition) is 1. The molecule has 2 aromatic carbocycles. The third-order valence-corrected chi connectivity index (χ3v) is 3.15. The quantitative estimate of drug-likeness (QED) is 0.840. The maximum Gasteiger partial charge on any atom is 0.0340 e. The molecule has 2 rings (SSSR count). The lowest BCUT2D eigenvalue weighted by molar-refractivity contribution is 1.02. The van der Waals surface area contributed by atoms with Gasteiger partial charge in [-0.15, -0.1) is 0 Å². The number of nitrogens with one attached hydrogen (secondary N) is 1. The zero-order chi connectivity index (χ0) is 11.2. The highest BCUT2D eigenvalue weighted by molar-refractivity contribution is 14.1. The van der Waals surface area contributed by atoms with Crippen molar-refractivity contribution in [2.75, 3.05) is 11.9 Å². The lowest BCUT2D eigenvalue weighted by atomic mass is 10.1. The van der Waals surface area contributed by atoms with Gasteiger partial charge in [0.25, 0.3) is 0 Å². The summed E-state index contributed by atoms with van der Waals surface area (Å²) in [4.78, 5) is 0. The summed E-state index contributed by atoms with van der Waals surface area (Å²) in [6.45, 7) is 0.977. The molecule has 0 saturated carbocycles. The van der Waals surface area contributed by atoms with Gasteiger partial charge in [-0.2, -0.15) is 0 Å². The van der Waals surface area contributed by atoms with Crippen molar-refractivity contribution in [3.8, 4) is 0 Å². The van der Waals surface area contributed by atoms with E-state index in [1.54, 1.807) is 0 Å². The Hall–Kier alpha value is -1.03. The van der Waals surface area contributed by atoms with E-state index in [9.17, 15) is 0 Å². The average Bonchev–Trinajstić information content (AvgIpc) is 2.33. The number of rotatable bonds is 4. The van der Waals surface area contributed by atoms with Crippen molar-refractivity contribution in [1.82, 2.24) is 0 Å². The topological polar surface area (TPSA) is 12.0 Å². The van der Waals surface area contributed by atoms with Crippen molar-refractivity contribution in [2.45, 2.75) is 6.42 Å². The summed E-state index contributed by atoms with van der Waals surface area (Å²) in [6.07, 6.45) is 1.06. The Morgan fingerprint density at radius 3 is 2.25 bits per heavy atom. The Morgan fingerprint density at radius 2 is 1.56 bits per heavy atom. The fourth-order valence-electron chi connectivity index (χ4n) is 1.56. The van der Waals surface area contributed by atoms with E-state index >= 15 is 0 Å². The first kappa shape index (κ1) is 11.5. The number of anilines is 1. The molecule has 2 heteroatoms. The molecule has 0 aliphatic carbocycles. The van der Waals surface area contributed by atoms with Crippen molar-refractivity contribution >= 4 is 28.3 Å². The van der Waals surface area contributed by atoms with Gasteiger partial charge in [-0.25, -0.2) is 0 Å². The first-order valence-corrected chi connectivity index (χ1v) is 6.46. The second-order valence-electron chi connectivity index (χ2n) is 3.67. The molecule has 0 atom stereocenters. The predicted molar refractivity (Wildman–Crippen MR) is 77.8 cm³/mol. The molecule has 0 radical (unpaired) electrons. The highest BCUT2D eigenvalue weighted by atomic mass is 127. The molecular weight excluding hydrogens is 309 g/mol. The van der Waals surface area contributed by atoms with E-state index in [1.165, 1.54) is 14.8 Å². The van der Waals surface area contributed by atoms with Crippen LogP contribution in [0.4, 0.5) is 5.69 Å². The van der Waals surface area contributed by atoms with Crippen molar-refractivity contribution in [1.29, 1.82) is 0 Å². The van der Waals surface area contributed by atoms with Crippen LogP contribution in [0.2, 0.25) is 0 Å². The third-order valence-electron chi connectivity index (χ3n) is 2.43. The van der Waals surface area contributed by atoms with Gasteiger partial charge in [0.05, 0.1) is 0 Å². The fourth-order valence-corrected chi connectivity index (χ4v) is 1.92. The highest BCUT2D eigenvalue weighted by Gasteiger charge is 1.93. The molecular formula is C14H14IN. The van der Waals surface area contributed by atoms with Crippen LogP contribution >= 0.6 is 22.6 Å². The summed E-state index contributed by atoms with van der Waals surface area (Å²) in [5.41, 5.74) is 2.57. The molecule has 0 spiro atoms. The van der Waals surface area contributed by atoms with Crippen molar-refractivity contribution in [2.24, 2.45) is 0 Å². The minimum atomic E-state index is 0.977. The van der Waals surface area contributed by atoms with Crippen LogP contribution in [0.5, 0.6) is 0 Å². The standard InChI is InChI=1S/C14H14IN/c15-13-6-8-14(9-7-13)16-11-10-12-4-2-1-3-5-12/h1-9,16H,10-11H2. The highest BCUT2D eigenvalue weighted by Crippen LogP contribution is 2.11. The van der Waals surface area contributed by atoms with Crippen LogP contribution < -0.4 is 5.32 Å². The molecule has 0 bridgehead atoms. The Balaban J connectivity index is 1.82. The molecule has 16 heavy (non-hydrogen) atoms. The lowest BCUT2D eigenvalue weighted by Crippen LogP contribution is -2.04. The maximum atomic E-state index is 3.42. The summed E-state index contributed by atoms with van der Waals surface area (Å²) in [5, 5.41) is 3.42. The Bertz CT molecular complexity index is 422. The molecule has 1 N–H and O–H groups in total. The third kappa shape index (κ3) is 3.52. The molecule has 82 valence electrons. The summed E-state index contributed by atoms with van der Waals surface area (Å²) >= 11 is 2.32. The van der Waals surface area contributed by atoms with E-state index in [1.807, 2.05) is 0 Å². The second-order valence-corrected chi connectivity index (χ2v) is 4.91. The zero-order valence-corrected chi connectivity index (χ0v) is 11.1. The van der Waals surface area contributed by atoms with Crippen LogP contribution in [0.1, 0.15) is 5.56 Å². The van der Waals surface area contributed by atoms with E-state index in [0.717, 1.165) is 13.0 Å². The van der Waals surface area contributed by atoms with E-state index in [0.29, 0.717) is 0 Å². The van der Waals surface area contributed by atoms with E-state index < -0.39 is 0 Å². The summed E-state index contributed by atoms with van der Waals surface area (Å²) in [5.74, 6) is 0. The molecule has 0 aromatic heterocycles. The number of benzene rings is 2. The number of halogens is 1. The SMILES string of the molecule is Ic1ccc(NCCc2ccccc2)cc1. The molecule has 1 nitrogen and oxygen atoms in total. The lowest BCUT2D eigenvalue weighted by Gasteiger charge is -2.06. The normalized spacial score (nSPS) is 10.1. The molecule has 0 aliphatic rings. The molecule has 0 aliphatic heterocycles. The fraction of sp³-hybridized carbons (Fsp3) is 0.143. The minimum Gasteiger partial charge on any atom is -0.385 e. The van der Waals surface area contributed by atoms with Crippen LogP contribution in [0.15, 0.2) is 54.6 Å². The minimum absolute atomic E-state index is 0.977. The monoisotopic (exact) mass is 323 g/mol. The van der Waals surface area contributed by atoms with Gasteiger partial charge in [0.2, 0.25) is 0 Å². The van der Waals surface area contributed by atoms with Gasteiger partial charge in [-0.3, -0.25) is 0 Å². The molecule has 0 saturated heterocycles. The van der Waals surface area contributed by atoms with E-state index in [4.69, 9.17) is 0 Å². The summed E-state index contributed by atoms with van der Waals surface area (Å²) in [7, 11) is 0. The van der Waals surface area contributed by atoms with Gasteiger partial charge in [0.1, 0.15) is 0 Å². The predicted octanol–water partition coefficient (Wildman–Crippen LogP) is 3.95. The van der Waals surface area contributed by atoms with Crippen LogP contribution in [0.25, 0.3) is 0 Å². The van der Waals surface area contributed by atoms with Crippen molar-refractivity contribution < 1.29 is 0 Å². The van der Waals surface area contributed by atoms with Crippen LogP contribution in [-0.2, 0) is 6.42 Å². The smallest absolute Gasteiger partial charge is 0.0340 e. The Morgan fingerprint density at radius 1 is 0.875 bits per heavy atom. The molecule has 0 unspecified atom stereocenters. The van der Waals surface area contributed by atoms with Gasteiger partial charge < -0.3 is 5.32 Å². The Labute approximate surface area is 110 Å². The van der Waals surface area contributed by atoms with Crippen molar-refractivity contribution in [3.63, 3.8) is 0 Å². The summed E-state index contributed by atoms with van der Waals surface area (Å²) in [6, 6.07) is 19.0. The van der Waals surface area contributed by atoms with E-state index in [-0.39, 0.29) is 0 Å². The Kier molecular flexibility index (Phi) is 4.22. The first-order chi connectivity index (χ1) is 7.84. The van der Waals surface area contributed by atoms with Gasteiger partial charge in [-0.1, -0.05) is 30.3 Å². The first-order valence-electron chi connectivity index (χ1n) is 5.38. The largest absolute Gasteiger partial charge is 0.385 e. The number of hydrogen-bond donors (Lipinski definition) is 1. The average molecular weight is 323 g/mol. The van der Waals surface area contributed by atoms with Gasteiger partial charge >= 0.3 is 0 Å². The zero-order valence-electron chi connectivity index (χ0n) is 8.99. The molecule has 0 heterocycles. The van der Waals surface area contributed by atoms with E-state index in [2.05, 4.69) is 82.5 Å². The molecule has 0 amide bonds. The molecule has 0 fully saturated rings. The molecule has 2 aromatic rings. The van der Waals surface area contributed by atoms with Crippen molar-refractivity contribution in [3.05, 3.63) is 63.7 Å². The van der Waals surface area contributed by atoms with Crippen LogP contribution in [0, 0.1) is 3.57 Å². The maximum absolute atomic E-state index is 3.42. The summed E-state index contributed by atoms with van der Waals surface area (Å²) < 4.78 is 1.27.